The largest absolute Gasteiger partial charge is 0.494 e. The zero-order valence-corrected chi connectivity index (χ0v) is 12.7. The van der Waals surface area contributed by atoms with Crippen LogP contribution in [0.4, 0.5) is 19.1 Å². The predicted octanol–water partition coefficient (Wildman–Crippen LogP) is 1.95. The molecule has 1 atom stereocenters. The molecule has 1 aliphatic heterocycles. The summed E-state index contributed by atoms with van der Waals surface area (Å²) in [6, 6.07) is 1.03. The third kappa shape index (κ3) is 3.63. The van der Waals surface area contributed by atoms with E-state index in [1.54, 1.807) is 4.90 Å². The molecule has 1 unspecified atom stereocenters. The second-order valence-corrected chi connectivity index (χ2v) is 5.12. The Morgan fingerprint density at radius 3 is 2.62 bits per heavy atom. The van der Waals surface area contributed by atoms with Gasteiger partial charge < -0.3 is 14.4 Å². The monoisotopic (exact) mass is 341 g/mol. The molecule has 0 spiro atoms. The summed E-state index contributed by atoms with van der Waals surface area (Å²) in [7, 11) is 1.50. The van der Waals surface area contributed by atoms with E-state index >= 15 is 0 Å². The molecule has 10 heteroatoms. The van der Waals surface area contributed by atoms with E-state index in [0.29, 0.717) is 25.3 Å². The predicted molar refractivity (Wildman–Crippen MR) is 76.9 cm³/mol. The summed E-state index contributed by atoms with van der Waals surface area (Å²) >= 11 is 0. The van der Waals surface area contributed by atoms with Crippen LogP contribution in [0.3, 0.4) is 0 Å². The highest BCUT2D eigenvalue weighted by atomic mass is 19.4. The fourth-order valence-electron chi connectivity index (χ4n) is 2.28. The van der Waals surface area contributed by atoms with Crippen molar-refractivity contribution in [1.29, 1.82) is 0 Å². The maximum atomic E-state index is 12.7. The van der Waals surface area contributed by atoms with Crippen LogP contribution in [0.1, 0.15) is 12.1 Å². The van der Waals surface area contributed by atoms with Crippen molar-refractivity contribution in [1.82, 2.24) is 19.9 Å². The first-order valence-corrected chi connectivity index (χ1v) is 7.13. The van der Waals surface area contributed by atoms with E-state index < -0.39 is 11.9 Å². The van der Waals surface area contributed by atoms with E-state index in [4.69, 9.17) is 9.47 Å². The molecule has 0 bridgehead atoms. The molecule has 1 fully saturated rings. The summed E-state index contributed by atoms with van der Waals surface area (Å²) in [5.41, 5.74) is -0.963. The van der Waals surface area contributed by atoms with Crippen LogP contribution in [-0.4, -0.2) is 46.2 Å². The highest BCUT2D eigenvalue weighted by Crippen LogP contribution is 2.29. The molecular weight excluding hydrogens is 327 g/mol. The van der Waals surface area contributed by atoms with Gasteiger partial charge in [0.2, 0.25) is 5.95 Å². The first kappa shape index (κ1) is 16.2. The summed E-state index contributed by atoms with van der Waals surface area (Å²) < 4.78 is 48.7. The number of nitrogens with zero attached hydrogens (tertiary/aromatic N) is 5. The van der Waals surface area contributed by atoms with Crippen LogP contribution < -0.4 is 14.4 Å². The molecule has 3 heterocycles. The van der Waals surface area contributed by atoms with Gasteiger partial charge in [0.1, 0.15) is 11.8 Å². The van der Waals surface area contributed by atoms with E-state index in [-0.39, 0.29) is 18.1 Å². The van der Waals surface area contributed by atoms with Gasteiger partial charge >= 0.3 is 12.2 Å². The molecule has 2 aromatic heterocycles. The second-order valence-electron chi connectivity index (χ2n) is 5.12. The highest BCUT2D eigenvalue weighted by Gasteiger charge is 2.34. The van der Waals surface area contributed by atoms with Gasteiger partial charge in [-0.15, -0.1) is 0 Å². The minimum Gasteiger partial charge on any atom is -0.494 e. The Kier molecular flexibility index (Phi) is 4.36. The number of hydrogen-bond donors (Lipinski definition) is 0. The van der Waals surface area contributed by atoms with Crippen molar-refractivity contribution in [2.45, 2.75) is 18.7 Å². The second kappa shape index (κ2) is 6.46. The Hall–Kier alpha value is -2.65. The number of ether oxygens (including phenoxy) is 2. The number of aromatic nitrogens is 4. The maximum absolute atomic E-state index is 12.7. The molecule has 0 N–H and O–H groups in total. The van der Waals surface area contributed by atoms with Gasteiger partial charge in [-0.05, 0) is 6.07 Å². The molecule has 3 rings (SSSR count). The Morgan fingerprint density at radius 1 is 1.21 bits per heavy atom. The van der Waals surface area contributed by atoms with Gasteiger partial charge in [-0.25, -0.2) is 9.97 Å². The lowest BCUT2D eigenvalue weighted by molar-refractivity contribution is -0.141. The molecule has 0 amide bonds. The third-order valence-corrected chi connectivity index (χ3v) is 3.47. The first-order chi connectivity index (χ1) is 11.5. The van der Waals surface area contributed by atoms with Crippen molar-refractivity contribution < 1.29 is 22.6 Å². The van der Waals surface area contributed by atoms with Crippen molar-refractivity contribution in [3.05, 3.63) is 30.4 Å². The van der Waals surface area contributed by atoms with E-state index in [0.717, 1.165) is 12.3 Å². The lowest BCUT2D eigenvalue weighted by atomic mass is 10.3. The zero-order chi connectivity index (χ0) is 17.2. The molecule has 1 saturated heterocycles. The van der Waals surface area contributed by atoms with Crippen LogP contribution in [0.2, 0.25) is 0 Å². The van der Waals surface area contributed by atoms with Crippen LogP contribution in [0.25, 0.3) is 0 Å². The average molecular weight is 341 g/mol. The van der Waals surface area contributed by atoms with Crippen molar-refractivity contribution in [2.24, 2.45) is 0 Å². The highest BCUT2D eigenvalue weighted by molar-refractivity contribution is 5.33. The minimum atomic E-state index is -4.50. The summed E-state index contributed by atoms with van der Waals surface area (Å²) in [4.78, 5) is 17.1. The quantitative estimate of drug-likeness (QED) is 0.841. The Bertz CT molecular complexity index is 696. The van der Waals surface area contributed by atoms with Crippen LogP contribution in [0.5, 0.6) is 11.8 Å². The van der Waals surface area contributed by atoms with Crippen molar-refractivity contribution in [3.63, 3.8) is 0 Å². The van der Waals surface area contributed by atoms with Gasteiger partial charge in [0.15, 0.2) is 5.75 Å². The van der Waals surface area contributed by atoms with Crippen LogP contribution >= 0.6 is 0 Å². The molecule has 128 valence electrons. The van der Waals surface area contributed by atoms with Crippen LogP contribution in [0.15, 0.2) is 24.7 Å². The van der Waals surface area contributed by atoms with E-state index in [1.807, 2.05) is 0 Å². The summed E-state index contributed by atoms with van der Waals surface area (Å²) in [6.07, 6.45) is -0.0854. The molecule has 0 aliphatic carbocycles. The first-order valence-electron chi connectivity index (χ1n) is 7.13. The fourth-order valence-corrected chi connectivity index (χ4v) is 2.28. The van der Waals surface area contributed by atoms with Crippen molar-refractivity contribution >= 4 is 5.95 Å². The average Bonchev–Trinajstić information content (AvgIpc) is 3.03. The van der Waals surface area contributed by atoms with Gasteiger partial charge in [0, 0.05) is 19.2 Å². The number of alkyl halides is 3. The minimum absolute atomic E-state index is 0.0339. The summed E-state index contributed by atoms with van der Waals surface area (Å²) in [5.74, 6) is 0.541. The molecule has 2 aromatic rings. The van der Waals surface area contributed by atoms with Gasteiger partial charge in [-0.3, -0.25) is 0 Å². The van der Waals surface area contributed by atoms with E-state index in [1.165, 1.54) is 19.5 Å². The lowest BCUT2D eigenvalue weighted by Gasteiger charge is -2.17. The number of hydrogen-bond acceptors (Lipinski definition) is 7. The van der Waals surface area contributed by atoms with E-state index in [9.17, 15) is 13.2 Å². The molecule has 7 nitrogen and oxygen atoms in total. The molecular formula is C14H14F3N5O2. The molecule has 24 heavy (non-hydrogen) atoms. The summed E-state index contributed by atoms with van der Waals surface area (Å²) in [6.45, 7) is 0.846. The third-order valence-electron chi connectivity index (χ3n) is 3.47. The van der Waals surface area contributed by atoms with Crippen LogP contribution in [0, 0.1) is 0 Å². The number of rotatable bonds is 4. The van der Waals surface area contributed by atoms with Crippen LogP contribution in [-0.2, 0) is 6.18 Å². The maximum Gasteiger partial charge on any atom is 0.433 e. The fraction of sp³-hybridized carbons (Fsp3) is 0.429. The number of anilines is 1. The Balaban J connectivity index is 1.64. The normalized spacial score (nSPS) is 17.8. The van der Waals surface area contributed by atoms with Crippen molar-refractivity contribution in [2.75, 3.05) is 25.1 Å². The SMILES string of the molecule is COc1cnc(OC2CCN(c3nccc(C(F)(F)F)n3)C2)nc1. The lowest BCUT2D eigenvalue weighted by Crippen LogP contribution is -2.27. The Morgan fingerprint density at radius 2 is 1.96 bits per heavy atom. The molecule has 0 saturated carbocycles. The topological polar surface area (TPSA) is 73.3 Å². The number of halogens is 3. The molecule has 0 radical (unpaired) electrons. The van der Waals surface area contributed by atoms with Crippen molar-refractivity contribution in [3.8, 4) is 11.8 Å². The van der Waals surface area contributed by atoms with E-state index in [2.05, 4.69) is 19.9 Å². The zero-order valence-electron chi connectivity index (χ0n) is 12.7. The molecule has 0 aromatic carbocycles. The smallest absolute Gasteiger partial charge is 0.433 e. The Labute approximate surface area is 135 Å². The standard InChI is InChI=1S/C14H14F3N5O2/c1-23-10-6-19-13(20-7-10)24-9-3-5-22(8-9)12-18-4-2-11(21-12)14(15,16)17/h2,4,6-7,9H,3,5,8H2,1H3. The molecule has 1 aliphatic rings. The van der Waals surface area contributed by atoms with Gasteiger partial charge in [-0.2, -0.15) is 23.1 Å². The summed E-state index contributed by atoms with van der Waals surface area (Å²) in [5, 5.41) is 0. The number of methoxy groups -OCH3 is 1. The van der Waals surface area contributed by atoms with Gasteiger partial charge in [0.05, 0.1) is 26.0 Å². The van der Waals surface area contributed by atoms with Gasteiger partial charge in [-0.1, -0.05) is 0 Å². The van der Waals surface area contributed by atoms with Gasteiger partial charge in [0.25, 0.3) is 0 Å².